The van der Waals surface area contributed by atoms with Crippen molar-refractivity contribution in [3.8, 4) is 0 Å². The molecule has 0 aliphatic rings. The molecule has 0 fully saturated rings. The molecule has 2 N–H and O–H groups in total. The average molecular weight is 253 g/mol. The Hall–Kier alpha value is -1.91. The first-order valence-corrected chi connectivity index (χ1v) is 5.52. The minimum Gasteiger partial charge on any atom is -0.481 e. The molecule has 0 unspecified atom stereocenters. The molecule has 1 aromatic rings. The van der Waals surface area contributed by atoms with Gasteiger partial charge in [-0.05, 0) is 32.4 Å². The molecule has 4 nitrogen and oxygen atoms in total. The molecule has 0 aromatic heterocycles. The lowest BCUT2D eigenvalue weighted by molar-refractivity contribution is -0.146. The first-order valence-electron chi connectivity index (χ1n) is 5.52. The number of hydrogen-bond donors (Lipinski definition) is 2. The summed E-state index contributed by atoms with van der Waals surface area (Å²) in [6.07, 6.45) is 0. The molecule has 0 radical (unpaired) electrons. The van der Waals surface area contributed by atoms with Gasteiger partial charge in [-0.15, -0.1) is 0 Å². The van der Waals surface area contributed by atoms with Crippen LogP contribution in [0.2, 0.25) is 0 Å². The predicted molar refractivity (Wildman–Crippen MR) is 64.9 cm³/mol. The van der Waals surface area contributed by atoms with Crippen LogP contribution in [0.3, 0.4) is 0 Å². The number of aryl methyl sites for hydroxylation is 1. The van der Waals surface area contributed by atoms with Crippen LogP contribution in [0, 0.1) is 18.2 Å². The van der Waals surface area contributed by atoms with Crippen molar-refractivity contribution in [1.82, 2.24) is 5.32 Å². The predicted octanol–water partition coefficient (Wildman–Crippen LogP) is 1.97. The van der Waals surface area contributed by atoms with Gasteiger partial charge in [-0.25, -0.2) is 4.39 Å². The van der Waals surface area contributed by atoms with Crippen LogP contribution >= 0.6 is 0 Å². The molecule has 0 heterocycles. The number of benzene rings is 1. The number of carboxylic acids is 1. The summed E-state index contributed by atoms with van der Waals surface area (Å²) in [6.45, 7) is 4.48. The Morgan fingerprint density at radius 2 is 2.00 bits per heavy atom. The Balaban J connectivity index is 2.78. The fraction of sp³-hybridized carbons (Fsp3) is 0.385. The molecule has 18 heavy (non-hydrogen) atoms. The molecule has 0 atom stereocenters. The van der Waals surface area contributed by atoms with Gasteiger partial charge in [-0.1, -0.05) is 12.1 Å². The Labute approximate surface area is 105 Å². The van der Waals surface area contributed by atoms with Crippen molar-refractivity contribution in [1.29, 1.82) is 0 Å². The van der Waals surface area contributed by atoms with E-state index in [0.717, 1.165) is 0 Å². The van der Waals surface area contributed by atoms with Crippen molar-refractivity contribution in [3.05, 3.63) is 35.1 Å². The number of carbonyl (C=O) groups is 2. The number of carboxylic acid groups (broad SMARTS) is 1. The summed E-state index contributed by atoms with van der Waals surface area (Å²) in [6, 6.07) is 4.51. The molecular formula is C13H16FNO3. The third kappa shape index (κ3) is 3.06. The summed E-state index contributed by atoms with van der Waals surface area (Å²) in [5.41, 5.74) is -0.785. The second-order valence-electron chi connectivity index (χ2n) is 4.81. The highest BCUT2D eigenvalue weighted by molar-refractivity contribution is 5.95. The van der Waals surface area contributed by atoms with E-state index < -0.39 is 23.1 Å². The molecule has 1 amide bonds. The zero-order valence-corrected chi connectivity index (χ0v) is 10.6. The number of rotatable bonds is 4. The fourth-order valence-electron chi connectivity index (χ4n) is 1.29. The standard InChI is InChI=1S/C13H16FNO3/c1-8-5-4-6-9(10(8)14)11(16)15-7-13(2,3)12(17)18/h4-6H,7H2,1-3H3,(H,15,16)(H,17,18). The number of nitrogens with one attached hydrogen (secondary N) is 1. The van der Waals surface area contributed by atoms with Gasteiger partial charge in [-0.3, -0.25) is 9.59 Å². The van der Waals surface area contributed by atoms with Crippen LogP contribution in [0.15, 0.2) is 18.2 Å². The van der Waals surface area contributed by atoms with E-state index in [-0.39, 0.29) is 12.1 Å². The van der Waals surface area contributed by atoms with Crippen LogP contribution in [-0.2, 0) is 4.79 Å². The van der Waals surface area contributed by atoms with Crippen molar-refractivity contribution in [2.24, 2.45) is 5.41 Å². The van der Waals surface area contributed by atoms with E-state index in [4.69, 9.17) is 5.11 Å². The largest absolute Gasteiger partial charge is 0.481 e. The number of aliphatic carboxylic acids is 1. The van der Waals surface area contributed by atoms with E-state index in [2.05, 4.69) is 5.32 Å². The Bertz CT molecular complexity index is 483. The van der Waals surface area contributed by atoms with Gasteiger partial charge in [0.1, 0.15) is 5.82 Å². The maximum atomic E-state index is 13.7. The van der Waals surface area contributed by atoms with Crippen molar-refractivity contribution in [2.75, 3.05) is 6.54 Å². The fourth-order valence-corrected chi connectivity index (χ4v) is 1.29. The smallest absolute Gasteiger partial charge is 0.310 e. The van der Waals surface area contributed by atoms with Gasteiger partial charge in [0.15, 0.2) is 0 Å². The van der Waals surface area contributed by atoms with Crippen molar-refractivity contribution >= 4 is 11.9 Å². The van der Waals surface area contributed by atoms with E-state index in [0.29, 0.717) is 5.56 Å². The average Bonchev–Trinajstić information content (AvgIpc) is 2.29. The van der Waals surface area contributed by atoms with Gasteiger partial charge < -0.3 is 10.4 Å². The molecule has 0 spiro atoms. The summed E-state index contributed by atoms with van der Waals surface area (Å²) in [7, 11) is 0. The molecule has 0 saturated heterocycles. The number of amides is 1. The molecular weight excluding hydrogens is 237 g/mol. The first-order chi connectivity index (χ1) is 8.25. The minimum atomic E-state index is -1.09. The van der Waals surface area contributed by atoms with Crippen molar-refractivity contribution < 1.29 is 19.1 Å². The van der Waals surface area contributed by atoms with E-state index in [1.54, 1.807) is 19.1 Å². The zero-order chi connectivity index (χ0) is 13.9. The van der Waals surface area contributed by atoms with Gasteiger partial charge >= 0.3 is 5.97 Å². The van der Waals surface area contributed by atoms with Gasteiger partial charge in [0.05, 0.1) is 11.0 Å². The Morgan fingerprint density at radius 3 is 2.56 bits per heavy atom. The van der Waals surface area contributed by atoms with Crippen LogP contribution in [0.5, 0.6) is 0 Å². The summed E-state index contributed by atoms with van der Waals surface area (Å²) < 4.78 is 13.7. The highest BCUT2D eigenvalue weighted by atomic mass is 19.1. The normalized spacial score (nSPS) is 11.1. The maximum Gasteiger partial charge on any atom is 0.310 e. The van der Waals surface area contributed by atoms with Crippen LogP contribution in [0.4, 0.5) is 4.39 Å². The number of halogens is 1. The van der Waals surface area contributed by atoms with E-state index in [1.807, 2.05) is 0 Å². The lowest BCUT2D eigenvalue weighted by Gasteiger charge is -2.19. The van der Waals surface area contributed by atoms with Crippen LogP contribution in [0.1, 0.15) is 29.8 Å². The monoisotopic (exact) mass is 253 g/mol. The lowest BCUT2D eigenvalue weighted by Crippen LogP contribution is -2.39. The quantitative estimate of drug-likeness (QED) is 0.862. The Morgan fingerprint density at radius 1 is 1.39 bits per heavy atom. The van der Waals surface area contributed by atoms with E-state index >= 15 is 0 Å². The highest BCUT2D eigenvalue weighted by Crippen LogP contribution is 2.15. The lowest BCUT2D eigenvalue weighted by atomic mass is 9.94. The topological polar surface area (TPSA) is 66.4 Å². The molecule has 0 aliphatic heterocycles. The molecule has 98 valence electrons. The summed E-state index contributed by atoms with van der Waals surface area (Å²) in [5, 5.41) is 11.3. The summed E-state index contributed by atoms with van der Waals surface area (Å²) >= 11 is 0. The third-order valence-electron chi connectivity index (χ3n) is 2.71. The molecule has 1 rings (SSSR count). The molecule has 0 bridgehead atoms. The Kier molecular flexibility index (Phi) is 4.06. The second kappa shape index (κ2) is 5.16. The molecule has 0 saturated carbocycles. The highest BCUT2D eigenvalue weighted by Gasteiger charge is 2.28. The van der Waals surface area contributed by atoms with Gasteiger partial charge in [0.2, 0.25) is 0 Å². The van der Waals surface area contributed by atoms with Gasteiger partial charge in [0, 0.05) is 6.54 Å². The maximum absolute atomic E-state index is 13.7. The molecule has 5 heteroatoms. The molecule has 0 aliphatic carbocycles. The van der Waals surface area contributed by atoms with E-state index in [9.17, 15) is 14.0 Å². The first kappa shape index (κ1) is 14.2. The molecule has 1 aromatic carbocycles. The van der Waals surface area contributed by atoms with Crippen LogP contribution < -0.4 is 5.32 Å². The summed E-state index contributed by atoms with van der Waals surface area (Å²) in [5.74, 6) is -2.21. The number of hydrogen-bond acceptors (Lipinski definition) is 2. The zero-order valence-electron chi connectivity index (χ0n) is 10.6. The van der Waals surface area contributed by atoms with Gasteiger partial charge in [0.25, 0.3) is 5.91 Å². The van der Waals surface area contributed by atoms with Crippen LogP contribution in [-0.4, -0.2) is 23.5 Å². The minimum absolute atomic E-state index is 0.0610. The SMILES string of the molecule is Cc1cccc(C(=O)NCC(C)(C)C(=O)O)c1F. The van der Waals surface area contributed by atoms with Gasteiger partial charge in [-0.2, -0.15) is 0 Å². The summed E-state index contributed by atoms with van der Waals surface area (Å²) in [4.78, 5) is 22.6. The number of carbonyl (C=O) groups excluding carboxylic acids is 1. The van der Waals surface area contributed by atoms with Crippen molar-refractivity contribution in [2.45, 2.75) is 20.8 Å². The third-order valence-corrected chi connectivity index (χ3v) is 2.71. The van der Waals surface area contributed by atoms with Crippen LogP contribution in [0.25, 0.3) is 0 Å². The van der Waals surface area contributed by atoms with E-state index in [1.165, 1.54) is 19.9 Å². The van der Waals surface area contributed by atoms with Crippen molar-refractivity contribution in [3.63, 3.8) is 0 Å². The second-order valence-corrected chi connectivity index (χ2v) is 4.81.